The molecule has 0 radical (unpaired) electrons. The fraction of sp³-hybridized carbons (Fsp3) is 0.250. The van der Waals surface area contributed by atoms with Gasteiger partial charge in [-0.1, -0.05) is 23.5 Å². The summed E-state index contributed by atoms with van der Waals surface area (Å²) >= 11 is 1.15. The van der Waals surface area contributed by atoms with Crippen molar-refractivity contribution in [2.24, 2.45) is 4.99 Å². The summed E-state index contributed by atoms with van der Waals surface area (Å²) in [5, 5.41) is 11.2. The van der Waals surface area contributed by atoms with Crippen LogP contribution in [0.2, 0.25) is 0 Å². The molecule has 0 spiro atoms. The SMILES string of the molecule is C=CCN(CC=C)S(=O)(=O)c1ccc(C(=O)N=c2sc3cc([N+](=O)[O-])ccc3n2CCOCC)cc1. The molecule has 0 saturated heterocycles. The Labute approximate surface area is 212 Å². The predicted molar refractivity (Wildman–Crippen MR) is 138 cm³/mol. The molecule has 0 N–H and O–H groups in total. The van der Waals surface area contributed by atoms with Crippen molar-refractivity contribution >= 4 is 43.2 Å². The molecule has 3 aromatic rings. The molecular weight excluding hydrogens is 504 g/mol. The first-order valence-electron chi connectivity index (χ1n) is 11.0. The number of nitro benzene ring substituents is 1. The Morgan fingerprint density at radius 3 is 2.44 bits per heavy atom. The molecule has 0 aliphatic carbocycles. The van der Waals surface area contributed by atoms with Gasteiger partial charge in [-0.3, -0.25) is 14.9 Å². The monoisotopic (exact) mass is 530 g/mol. The molecule has 1 amide bonds. The molecule has 12 heteroatoms. The first-order valence-corrected chi connectivity index (χ1v) is 13.2. The third-order valence-corrected chi connectivity index (χ3v) is 8.03. The number of thiazole rings is 1. The molecule has 0 bridgehead atoms. The molecule has 2 aromatic carbocycles. The molecule has 0 aliphatic rings. The number of hydrogen-bond donors (Lipinski definition) is 0. The number of rotatable bonds is 12. The normalized spacial score (nSPS) is 12.2. The van der Waals surface area contributed by atoms with Crippen LogP contribution in [0.3, 0.4) is 0 Å². The van der Waals surface area contributed by atoms with E-state index < -0.39 is 20.9 Å². The lowest BCUT2D eigenvalue weighted by molar-refractivity contribution is -0.384. The number of benzene rings is 2. The van der Waals surface area contributed by atoms with Crippen LogP contribution in [0.1, 0.15) is 17.3 Å². The van der Waals surface area contributed by atoms with Crippen LogP contribution in [0, 0.1) is 10.1 Å². The van der Waals surface area contributed by atoms with Gasteiger partial charge in [0.2, 0.25) is 10.0 Å². The van der Waals surface area contributed by atoms with Gasteiger partial charge in [-0.2, -0.15) is 9.30 Å². The molecule has 10 nitrogen and oxygen atoms in total. The van der Waals surface area contributed by atoms with Crippen LogP contribution in [0.4, 0.5) is 5.69 Å². The summed E-state index contributed by atoms with van der Waals surface area (Å²) in [7, 11) is -3.80. The maximum atomic E-state index is 12.9. The first kappa shape index (κ1) is 27.1. The zero-order chi connectivity index (χ0) is 26.3. The van der Waals surface area contributed by atoms with Gasteiger partial charge in [0.05, 0.1) is 26.6 Å². The van der Waals surface area contributed by atoms with Gasteiger partial charge in [0.25, 0.3) is 11.6 Å². The van der Waals surface area contributed by atoms with Crippen LogP contribution in [0.5, 0.6) is 0 Å². The van der Waals surface area contributed by atoms with Gasteiger partial charge < -0.3 is 9.30 Å². The Balaban J connectivity index is 1.98. The smallest absolute Gasteiger partial charge is 0.279 e. The van der Waals surface area contributed by atoms with Gasteiger partial charge in [0.1, 0.15) is 0 Å². The van der Waals surface area contributed by atoms with Gasteiger partial charge in [-0.25, -0.2) is 8.42 Å². The quantitative estimate of drug-likeness (QED) is 0.152. The van der Waals surface area contributed by atoms with E-state index in [1.807, 2.05) is 6.92 Å². The van der Waals surface area contributed by atoms with Crippen LogP contribution >= 0.6 is 11.3 Å². The molecule has 36 heavy (non-hydrogen) atoms. The third-order valence-electron chi connectivity index (χ3n) is 5.14. The van der Waals surface area contributed by atoms with Crippen molar-refractivity contribution in [1.82, 2.24) is 8.87 Å². The number of aromatic nitrogens is 1. The lowest BCUT2D eigenvalue weighted by Gasteiger charge is -2.19. The highest BCUT2D eigenvalue weighted by atomic mass is 32.2. The summed E-state index contributed by atoms with van der Waals surface area (Å²) in [6.45, 7) is 10.6. The highest BCUT2D eigenvalue weighted by molar-refractivity contribution is 7.89. The lowest BCUT2D eigenvalue weighted by Crippen LogP contribution is -2.31. The van der Waals surface area contributed by atoms with E-state index in [0.29, 0.717) is 34.8 Å². The van der Waals surface area contributed by atoms with Crippen molar-refractivity contribution in [3.63, 3.8) is 0 Å². The number of hydrogen-bond acceptors (Lipinski definition) is 7. The minimum absolute atomic E-state index is 0.0312. The second-order valence-corrected chi connectivity index (χ2v) is 10.4. The van der Waals surface area contributed by atoms with E-state index in [4.69, 9.17) is 4.74 Å². The summed E-state index contributed by atoms with van der Waals surface area (Å²) in [5.74, 6) is -0.570. The van der Waals surface area contributed by atoms with E-state index >= 15 is 0 Å². The van der Waals surface area contributed by atoms with Crippen molar-refractivity contribution in [1.29, 1.82) is 0 Å². The molecule has 0 atom stereocenters. The zero-order valence-electron chi connectivity index (χ0n) is 19.7. The molecule has 0 fully saturated rings. The Kier molecular flexibility index (Phi) is 9.04. The lowest BCUT2D eigenvalue weighted by atomic mass is 10.2. The van der Waals surface area contributed by atoms with Crippen LogP contribution in [0.15, 0.2) is 77.7 Å². The molecule has 0 saturated carbocycles. The fourth-order valence-electron chi connectivity index (χ4n) is 3.41. The summed E-state index contributed by atoms with van der Waals surface area (Å²) in [6.07, 6.45) is 2.97. The molecular formula is C24H26N4O6S2. The summed E-state index contributed by atoms with van der Waals surface area (Å²) in [5.41, 5.74) is 0.841. The Morgan fingerprint density at radius 2 is 1.86 bits per heavy atom. The number of nitro groups is 1. The Morgan fingerprint density at radius 1 is 1.19 bits per heavy atom. The Bertz CT molecular complexity index is 1450. The van der Waals surface area contributed by atoms with E-state index in [0.717, 1.165) is 11.3 Å². The van der Waals surface area contributed by atoms with E-state index in [1.165, 1.54) is 52.9 Å². The topological polar surface area (TPSA) is 124 Å². The number of sulfonamides is 1. The van der Waals surface area contributed by atoms with Crippen molar-refractivity contribution in [2.75, 3.05) is 26.3 Å². The molecule has 1 heterocycles. The summed E-state index contributed by atoms with van der Waals surface area (Å²) in [4.78, 5) is 28.3. The molecule has 190 valence electrons. The third kappa shape index (κ3) is 6.02. The zero-order valence-corrected chi connectivity index (χ0v) is 21.3. The van der Waals surface area contributed by atoms with E-state index in [-0.39, 0.29) is 29.2 Å². The first-order chi connectivity index (χ1) is 17.2. The standard InChI is InChI=1S/C24H26N4O6S2/c1-4-13-26(14-5-2)36(32,33)20-10-7-18(8-11-20)23(29)25-24-27(15-16-34-6-3)21-12-9-19(28(30)31)17-22(21)35-24/h4-5,7-12,17H,1-2,6,13-16H2,3H3. The average molecular weight is 531 g/mol. The number of amides is 1. The van der Waals surface area contributed by atoms with Crippen LogP contribution in [-0.4, -0.2) is 54.4 Å². The van der Waals surface area contributed by atoms with Gasteiger partial charge in [-0.15, -0.1) is 13.2 Å². The maximum Gasteiger partial charge on any atom is 0.279 e. The molecule has 0 aliphatic heterocycles. The number of fused-ring (bicyclic) bond motifs is 1. The highest BCUT2D eigenvalue weighted by Gasteiger charge is 2.22. The second kappa shape index (κ2) is 12.0. The highest BCUT2D eigenvalue weighted by Crippen LogP contribution is 2.23. The maximum absolute atomic E-state index is 12.9. The molecule has 0 unspecified atom stereocenters. The minimum Gasteiger partial charge on any atom is -0.380 e. The van der Waals surface area contributed by atoms with Crippen LogP contribution in [-0.2, 0) is 21.3 Å². The predicted octanol–water partition coefficient (Wildman–Crippen LogP) is 3.75. The van der Waals surface area contributed by atoms with E-state index in [2.05, 4.69) is 18.2 Å². The van der Waals surface area contributed by atoms with Crippen molar-refractivity contribution < 1.29 is 22.9 Å². The van der Waals surface area contributed by atoms with Gasteiger partial charge >= 0.3 is 0 Å². The molecule has 1 aromatic heterocycles. The number of carbonyl (C=O) groups is 1. The van der Waals surface area contributed by atoms with Crippen molar-refractivity contribution in [3.8, 4) is 0 Å². The average Bonchev–Trinajstić information content (AvgIpc) is 3.20. The van der Waals surface area contributed by atoms with Crippen molar-refractivity contribution in [3.05, 3.63) is 88.3 Å². The number of nitrogens with zero attached hydrogens (tertiary/aromatic N) is 4. The largest absolute Gasteiger partial charge is 0.380 e. The summed E-state index contributed by atoms with van der Waals surface area (Å²) < 4.78 is 34.8. The van der Waals surface area contributed by atoms with Gasteiger partial charge in [-0.05, 0) is 37.3 Å². The molecule has 3 rings (SSSR count). The fourth-order valence-corrected chi connectivity index (χ4v) is 5.87. The number of non-ortho nitro benzene ring substituents is 1. The van der Waals surface area contributed by atoms with Crippen molar-refractivity contribution in [2.45, 2.75) is 18.4 Å². The Hall–Kier alpha value is -3.45. The number of carbonyl (C=O) groups excluding carboxylic acids is 1. The van der Waals surface area contributed by atoms with Crippen LogP contribution in [0.25, 0.3) is 10.2 Å². The van der Waals surface area contributed by atoms with E-state index in [1.54, 1.807) is 10.6 Å². The summed E-state index contributed by atoms with van der Waals surface area (Å²) in [6, 6.07) is 9.99. The van der Waals surface area contributed by atoms with Gasteiger partial charge in [0.15, 0.2) is 4.80 Å². The van der Waals surface area contributed by atoms with Crippen LogP contribution < -0.4 is 4.80 Å². The second-order valence-electron chi connectivity index (χ2n) is 7.48. The van der Waals surface area contributed by atoms with Gasteiger partial charge in [0, 0.05) is 43.9 Å². The minimum atomic E-state index is -3.80. The number of ether oxygens (including phenoxy) is 1. The van der Waals surface area contributed by atoms with E-state index in [9.17, 15) is 23.3 Å².